The number of amides is 1. The van der Waals surface area contributed by atoms with Crippen molar-refractivity contribution in [1.29, 1.82) is 0 Å². The molecule has 120 valence electrons. The number of hydrogen-bond acceptors (Lipinski definition) is 5. The third-order valence-electron chi connectivity index (χ3n) is 4.22. The molecule has 2 fully saturated rings. The molecule has 0 radical (unpaired) electrons. The van der Waals surface area contributed by atoms with Crippen molar-refractivity contribution in [2.24, 2.45) is 0 Å². The highest BCUT2D eigenvalue weighted by atomic mass is 16.7. The molecule has 3 rings (SSSR count). The van der Waals surface area contributed by atoms with Gasteiger partial charge in [-0.1, -0.05) is 0 Å². The van der Waals surface area contributed by atoms with Gasteiger partial charge in [-0.15, -0.1) is 0 Å². The molecule has 1 aromatic carbocycles. The molecule has 1 amide bonds. The van der Waals surface area contributed by atoms with Crippen LogP contribution >= 0.6 is 0 Å². The number of hydrogen-bond donors (Lipinski definition) is 0. The minimum Gasteiger partial charge on any atom is -0.497 e. The Labute approximate surface area is 129 Å². The Morgan fingerprint density at radius 3 is 2.09 bits per heavy atom. The maximum Gasteiger partial charge on any atom is 0.254 e. The predicted octanol–water partition coefficient (Wildman–Crippen LogP) is 1.68. The molecule has 0 unspecified atom stereocenters. The molecule has 0 bridgehead atoms. The number of carbonyl (C=O) groups is 1. The average molecular weight is 307 g/mol. The lowest BCUT2D eigenvalue weighted by atomic mass is 10.0. The summed E-state index contributed by atoms with van der Waals surface area (Å²) in [6, 6.07) is 5.22. The van der Waals surface area contributed by atoms with E-state index in [9.17, 15) is 4.79 Å². The van der Waals surface area contributed by atoms with Crippen molar-refractivity contribution in [2.45, 2.75) is 18.6 Å². The van der Waals surface area contributed by atoms with Crippen molar-refractivity contribution in [1.82, 2.24) is 4.90 Å². The molecule has 0 saturated carbocycles. The van der Waals surface area contributed by atoms with Crippen LogP contribution in [0.25, 0.3) is 0 Å². The molecule has 22 heavy (non-hydrogen) atoms. The first-order chi connectivity index (χ1) is 10.7. The second kappa shape index (κ2) is 6.14. The van der Waals surface area contributed by atoms with Crippen LogP contribution in [0.15, 0.2) is 18.2 Å². The molecule has 1 aromatic rings. The standard InChI is InChI=1S/C16H21NO5/c1-19-13-9-12(10-14(11-13)20-2)15(18)17-5-3-16(4-6-17)21-7-8-22-16/h9-11H,3-8H2,1-2H3. The summed E-state index contributed by atoms with van der Waals surface area (Å²) in [7, 11) is 3.14. The molecular weight excluding hydrogens is 286 g/mol. The van der Waals surface area contributed by atoms with Crippen LogP contribution < -0.4 is 9.47 Å². The van der Waals surface area contributed by atoms with Crippen molar-refractivity contribution < 1.29 is 23.7 Å². The number of rotatable bonds is 3. The normalized spacial score (nSPS) is 20.2. The van der Waals surface area contributed by atoms with E-state index in [1.165, 1.54) is 0 Å². The Balaban J connectivity index is 1.72. The summed E-state index contributed by atoms with van der Waals surface area (Å²) in [6.07, 6.45) is 1.42. The van der Waals surface area contributed by atoms with Crippen LogP contribution in [-0.4, -0.2) is 57.1 Å². The van der Waals surface area contributed by atoms with Crippen LogP contribution in [0, 0.1) is 0 Å². The minimum atomic E-state index is -0.469. The van der Waals surface area contributed by atoms with Gasteiger partial charge in [-0.05, 0) is 12.1 Å². The largest absolute Gasteiger partial charge is 0.497 e. The van der Waals surface area contributed by atoms with Crippen molar-refractivity contribution in [3.05, 3.63) is 23.8 Å². The predicted molar refractivity (Wildman–Crippen MR) is 79.3 cm³/mol. The maximum atomic E-state index is 12.7. The van der Waals surface area contributed by atoms with Crippen LogP contribution in [0.3, 0.4) is 0 Å². The SMILES string of the molecule is COc1cc(OC)cc(C(=O)N2CCC3(CC2)OCCO3)c1. The monoisotopic (exact) mass is 307 g/mol. The molecule has 0 aromatic heterocycles. The lowest BCUT2D eigenvalue weighted by Gasteiger charge is -2.37. The first-order valence-electron chi connectivity index (χ1n) is 7.46. The summed E-state index contributed by atoms with van der Waals surface area (Å²) < 4.78 is 21.8. The van der Waals surface area contributed by atoms with Crippen molar-refractivity contribution >= 4 is 5.91 Å². The number of nitrogens with zero attached hydrogens (tertiary/aromatic N) is 1. The van der Waals surface area contributed by atoms with Crippen LogP contribution in [0.2, 0.25) is 0 Å². The molecule has 1 spiro atoms. The zero-order valence-corrected chi connectivity index (χ0v) is 13.0. The zero-order valence-electron chi connectivity index (χ0n) is 13.0. The van der Waals surface area contributed by atoms with Gasteiger partial charge in [0, 0.05) is 37.6 Å². The number of piperidine rings is 1. The first-order valence-corrected chi connectivity index (χ1v) is 7.46. The molecule has 0 N–H and O–H groups in total. The summed E-state index contributed by atoms with van der Waals surface area (Å²) in [5.74, 6) is 0.727. The van der Waals surface area contributed by atoms with Gasteiger partial charge in [-0.25, -0.2) is 0 Å². The lowest BCUT2D eigenvalue weighted by molar-refractivity contribution is -0.181. The molecule has 2 heterocycles. The van der Waals surface area contributed by atoms with E-state index in [2.05, 4.69) is 0 Å². The van der Waals surface area contributed by atoms with Gasteiger partial charge in [0.1, 0.15) is 11.5 Å². The van der Waals surface area contributed by atoms with E-state index >= 15 is 0 Å². The highest BCUT2D eigenvalue weighted by molar-refractivity contribution is 5.95. The third-order valence-corrected chi connectivity index (χ3v) is 4.22. The molecule has 2 aliphatic rings. The van der Waals surface area contributed by atoms with Crippen molar-refractivity contribution in [3.63, 3.8) is 0 Å². The van der Waals surface area contributed by atoms with Crippen LogP contribution in [0.1, 0.15) is 23.2 Å². The van der Waals surface area contributed by atoms with Gasteiger partial charge in [-0.2, -0.15) is 0 Å². The fourth-order valence-electron chi connectivity index (χ4n) is 2.95. The van der Waals surface area contributed by atoms with E-state index in [-0.39, 0.29) is 5.91 Å². The summed E-state index contributed by atoms with van der Waals surface area (Å²) in [6.45, 7) is 2.53. The van der Waals surface area contributed by atoms with E-state index in [0.29, 0.717) is 56.2 Å². The first kappa shape index (κ1) is 15.1. The van der Waals surface area contributed by atoms with Crippen LogP contribution in [0.4, 0.5) is 0 Å². The zero-order chi connectivity index (χ0) is 15.6. The second-order valence-corrected chi connectivity index (χ2v) is 5.50. The summed E-state index contributed by atoms with van der Waals surface area (Å²) in [5.41, 5.74) is 0.570. The smallest absolute Gasteiger partial charge is 0.254 e. The number of ether oxygens (including phenoxy) is 4. The number of carbonyl (C=O) groups excluding carboxylic acids is 1. The molecule has 0 aliphatic carbocycles. The fourth-order valence-corrected chi connectivity index (χ4v) is 2.95. The Morgan fingerprint density at radius 1 is 1.05 bits per heavy atom. The molecule has 0 atom stereocenters. The van der Waals surface area contributed by atoms with E-state index in [4.69, 9.17) is 18.9 Å². The Bertz CT molecular complexity index is 521. The lowest BCUT2D eigenvalue weighted by Crippen LogP contribution is -2.47. The molecule has 2 saturated heterocycles. The number of methoxy groups -OCH3 is 2. The van der Waals surface area contributed by atoms with Gasteiger partial charge < -0.3 is 23.8 Å². The molecular formula is C16H21NO5. The molecule has 6 nitrogen and oxygen atoms in total. The van der Waals surface area contributed by atoms with Gasteiger partial charge >= 0.3 is 0 Å². The van der Waals surface area contributed by atoms with Gasteiger partial charge in [-0.3, -0.25) is 4.79 Å². The van der Waals surface area contributed by atoms with Gasteiger partial charge in [0.15, 0.2) is 5.79 Å². The third kappa shape index (κ3) is 2.89. The fraction of sp³-hybridized carbons (Fsp3) is 0.562. The average Bonchev–Trinajstić information content (AvgIpc) is 3.02. The van der Waals surface area contributed by atoms with E-state index in [1.54, 1.807) is 32.4 Å². The van der Waals surface area contributed by atoms with Crippen LogP contribution in [-0.2, 0) is 9.47 Å². The Kier molecular flexibility index (Phi) is 4.22. The van der Waals surface area contributed by atoms with Gasteiger partial charge in [0.05, 0.1) is 27.4 Å². The van der Waals surface area contributed by atoms with E-state index in [1.807, 2.05) is 4.90 Å². The van der Waals surface area contributed by atoms with Gasteiger partial charge in [0.2, 0.25) is 0 Å². The van der Waals surface area contributed by atoms with Crippen molar-refractivity contribution in [3.8, 4) is 11.5 Å². The summed E-state index contributed by atoms with van der Waals surface area (Å²) in [5, 5.41) is 0. The topological polar surface area (TPSA) is 57.2 Å². The highest BCUT2D eigenvalue weighted by Gasteiger charge is 2.40. The highest BCUT2D eigenvalue weighted by Crippen LogP contribution is 2.32. The second-order valence-electron chi connectivity index (χ2n) is 5.50. The Morgan fingerprint density at radius 2 is 1.59 bits per heavy atom. The quantitative estimate of drug-likeness (QED) is 0.850. The Hall–Kier alpha value is -1.79. The molecule has 6 heteroatoms. The molecule has 2 aliphatic heterocycles. The summed E-state index contributed by atoms with van der Waals surface area (Å²) >= 11 is 0. The minimum absolute atomic E-state index is 0.0231. The van der Waals surface area contributed by atoms with Gasteiger partial charge in [0.25, 0.3) is 5.91 Å². The van der Waals surface area contributed by atoms with Crippen LogP contribution in [0.5, 0.6) is 11.5 Å². The van der Waals surface area contributed by atoms with Crippen molar-refractivity contribution in [2.75, 3.05) is 40.5 Å². The number of benzene rings is 1. The maximum absolute atomic E-state index is 12.7. The van der Waals surface area contributed by atoms with E-state index in [0.717, 1.165) is 0 Å². The summed E-state index contributed by atoms with van der Waals surface area (Å²) in [4.78, 5) is 14.5. The van der Waals surface area contributed by atoms with E-state index < -0.39 is 5.79 Å². The number of likely N-dealkylation sites (tertiary alicyclic amines) is 1.